The summed E-state index contributed by atoms with van der Waals surface area (Å²) in [5.41, 5.74) is 8.46. The molecule has 0 aromatic heterocycles. The molecule has 2 nitrogen and oxygen atoms in total. The zero-order valence-corrected chi connectivity index (χ0v) is 12.3. The Bertz CT molecular complexity index is 458. The predicted octanol–water partition coefficient (Wildman–Crippen LogP) is 2.93. The van der Waals surface area contributed by atoms with Crippen molar-refractivity contribution >= 4 is 10.8 Å². The molecule has 1 aromatic carbocycles. The lowest BCUT2D eigenvalue weighted by molar-refractivity contribution is 0.353. The van der Waals surface area contributed by atoms with Crippen LogP contribution >= 0.6 is 0 Å². The maximum atomic E-state index is 12.8. The summed E-state index contributed by atoms with van der Waals surface area (Å²) in [7, 11) is -0.967. The monoisotopic (exact) mass is 265 g/mol. The first-order valence-corrected chi connectivity index (χ1v) is 7.93. The van der Waals surface area contributed by atoms with Crippen molar-refractivity contribution in [2.24, 2.45) is 11.7 Å². The van der Waals surface area contributed by atoms with Gasteiger partial charge in [-0.2, -0.15) is 0 Å². The van der Waals surface area contributed by atoms with Gasteiger partial charge >= 0.3 is 0 Å². The fourth-order valence-corrected chi connectivity index (χ4v) is 4.66. The van der Waals surface area contributed by atoms with E-state index in [1.807, 2.05) is 13.8 Å². The highest BCUT2D eigenvalue weighted by molar-refractivity contribution is 7.85. The Labute approximate surface area is 112 Å². The van der Waals surface area contributed by atoms with Crippen LogP contribution in [0.1, 0.15) is 37.3 Å². The van der Waals surface area contributed by atoms with Gasteiger partial charge in [0.2, 0.25) is 0 Å². The number of hydrogen-bond donors (Lipinski definition) is 1. The molecule has 0 saturated heterocycles. The van der Waals surface area contributed by atoms with Crippen LogP contribution in [0.4, 0.5) is 0 Å². The third-order valence-electron chi connectivity index (χ3n) is 3.94. The van der Waals surface area contributed by atoms with Crippen LogP contribution in [0.25, 0.3) is 0 Å². The predicted molar refractivity (Wildman–Crippen MR) is 77.1 cm³/mol. The average molecular weight is 265 g/mol. The molecule has 1 aromatic rings. The fourth-order valence-electron chi connectivity index (χ4n) is 2.69. The van der Waals surface area contributed by atoms with Gasteiger partial charge in [-0.05, 0) is 56.2 Å². The Kier molecular flexibility index (Phi) is 4.23. The van der Waals surface area contributed by atoms with Crippen LogP contribution in [0.3, 0.4) is 0 Å². The maximum absolute atomic E-state index is 12.8. The molecule has 1 fully saturated rings. The molecule has 0 radical (unpaired) electrons. The van der Waals surface area contributed by atoms with Gasteiger partial charge in [-0.25, -0.2) is 0 Å². The van der Waals surface area contributed by atoms with Crippen LogP contribution in [-0.2, 0) is 10.8 Å². The Hall–Kier alpha value is -0.670. The second-order valence-corrected chi connectivity index (χ2v) is 7.33. The normalized spacial score (nSPS) is 30.1. The van der Waals surface area contributed by atoms with Crippen molar-refractivity contribution in [2.45, 2.75) is 56.2 Å². The average Bonchev–Trinajstić information content (AvgIpc) is 2.34. The third kappa shape index (κ3) is 2.83. The summed E-state index contributed by atoms with van der Waals surface area (Å²) in [5, 5.41) is 0.120. The molecular weight excluding hydrogens is 242 g/mol. The van der Waals surface area contributed by atoms with Gasteiger partial charge in [0.05, 0.1) is 16.0 Å². The minimum absolute atomic E-state index is 0.0851. The highest BCUT2D eigenvalue weighted by Gasteiger charge is 2.31. The van der Waals surface area contributed by atoms with E-state index in [1.165, 1.54) is 12.0 Å². The first kappa shape index (κ1) is 13.8. The Morgan fingerprint density at radius 1 is 1.28 bits per heavy atom. The van der Waals surface area contributed by atoms with E-state index in [2.05, 4.69) is 25.1 Å². The summed E-state index contributed by atoms with van der Waals surface area (Å²) in [6.07, 6.45) is 3.16. The molecule has 2 N–H and O–H groups in total. The molecule has 100 valence electrons. The van der Waals surface area contributed by atoms with E-state index >= 15 is 0 Å². The highest BCUT2D eigenvalue weighted by atomic mass is 32.2. The largest absolute Gasteiger partial charge is 0.327 e. The summed E-state index contributed by atoms with van der Waals surface area (Å²) >= 11 is 0. The molecule has 0 spiro atoms. The van der Waals surface area contributed by atoms with Crippen molar-refractivity contribution < 1.29 is 4.21 Å². The molecule has 4 unspecified atom stereocenters. The standard InChI is InChI=1S/C15H23NOS/c1-10-4-6-12(3)14(8-10)18(17)15-9-11(2)5-7-13(15)16/h4,6,8,11,13,15H,5,7,9,16H2,1-3H3. The smallest absolute Gasteiger partial charge is 0.0579 e. The number of rotatable bonds is 2. The molecule has 1 aliphatic rings. The van der Waals surface area contributed by atoms with Crippen molar-refractivity contribution in [1.82, 2.24) is 0 Å². The minimum Gasteiger partial charge on any atom is -0.327 e. The summed E-state index contributed by atoms with van der Waals surface area (Å²) in [6.45, 7) is 6.31. The fraction of sp³-hybridized carbons (Fsp3) is 0.600. The molecule has 2 rings (SSSR count). The number of aryl methyl sites for hydroxylation is 2. The molecule has 0 heterocycles. The van der Waals surface area contributed by atoms with Gasteiger partial charge in [-0.3, -0.25) is 4.21 Å². The molecule has 0 bridgehead atoms. The van der Waals surface area contributed by atoms with E-state index in [0.29, 0.717) is 5.92 Å². The second-order valence-electron chi connectivity index (χ2n) is 5.69. The van der Waals surface area contributed by atoms with Gasteiger partial charge in [0.1, 0.15) is 0 Å². The van der Waals surface area contributed by atoms with Gasteiger partial charge < -0.3 is 5.73 Å². The van der Waals surface area contributed by atoms with Crippen molar-refractivity contribution in [3.05, 3.63) is 29.3 Å². The van der Waals surface area contributed by atoms with E-state index in [1.54, 1.807) is 0 Å². The van der Waals surface area contributed by atoms with Crippen LogP contribution < -0.4 is 5.73 Å². The molecule has 1 aliphatic carbocycles. The van der Waals surface area contributed by atoms with Crippen LogP contribution in [-0.4, -0.2) is 15.5 Å². The number of nitrogens with two attached hydrogens (primary N) is 1. The molecule has 1 saturated carbocycles. The maximum Gasteiger partial charge on any atom is 0.0579 e. The quantitative estimate of drug-likeness (QED) is 0.893. The summed E-state index contributed by atoms with van der Waals surface area (Å²) in [4.78, 5) is 0.976. The molecule has 0 amide bonds. The summed E-state index contributed by atoms with van der Waals surface area (Å²) < 4.78 is 12.8. The molecule has 18 heavy (non-hydrogen) atoms. The van der Waals surface area contributed by atoms with Crippen LogP contribution in [0.5, 0.6) is 0 Å². The van der Waals surface area contributed by atoms with E-state index < -0.39 is 10.8 Å². The van der Waals surface area contributed by atoms with Crippen LogP contribution in [0.2, 0.25) is 0 Å². The Morgan fingerprint density at radius 3 is 2.72 bits per heavy atom. The van der Waals surface area contributed by atoms with E-state index in [0.717, 1.165) is 23.3 Å². The van der Waals surface area contributed by atoms with E-state index in [9.17, 15) is 4.21 Å². The van der Waals surface area contributed by atoms with Crippen LogP contribution in [0, 0.1) is 19.8 Å². The first-order valence-electron chi connectivity index (χ1n) is 6.72. The van der Waals surface area contributed by atoms with Crippen molar-refractivity contribution in [1.29, 1.82) is 0 Å². The zero-order chi connectivity index (χ0) is 13.3. The van der Waals surface area contributed by atoms with Crippen molar-refractivity contribution in [2.75, 3.05) is 0 Å². The Morgan fingerprint density at radius 2 is 2.00 bits per heavy atom. The van der Waals surface area contributed by atoms with Crippen molar-refractivity contribution in [3.63, 3.8) is 0 Å². The summed E-state index contributed by atoms with van der Waals surface area (Å²) in [6, 6.07) is 6.26. The van der Waals surface area contributed by atoms with Gasteiger partial charge in [0.15, 0.2) is 0 Å². The topological polar surface area (TPSA) is 43.1 Å². The van der Waals surface area contributed by atoms with Gasteiger partial charge in [-0.1, -0.05) is 19.1 Å². The highest BCUT2D eigenvalue weighted by Crippen LogP contribution is 2.30. The molecule has 0 aliphatic heterocycles. The van der Waals surface area contributed by atoms with Crippen molar-refractivity contribution in [3.8, 4) is 0 Å². The lowest BCUT2D eigenvalue weighted by atomic mass is 9.87. The van der Waals surface area contributed by atoms with E-state index in [-0.39, 0.29) is 11.3 Å². The van der Waals surface area contributed by atoms with Gasteiger partial charge in [0.25, 0.3) is 0 Å². The molecule has 3 heteroatoms. The molecular formula is C15H23NOS. The molecule has 4 atom stereocenters. The van der Waals surface area contributed by atoms with Crippen LogP contribution in [0.15, 0.2) is 23.1 Å². The van der Waals surface area contributed by atoms with Gasteiger partial charge in [0, 0.05) is 10.9 Å². The Balaban J connectivity index is 2.27. The lowest BCUT2D eigenvalue weighted by Gasteiger charge is -2.32. The second kappa shape index (κ2) is 5.54. The minimum atomic E-state index is -0.967. The lowest BCUT2D eigenvalue weighted by Crippen LogP contribution is -2.42. The number of benzene rings is 1. The first-order chi connectivity index (χ1) is 8.49. The summed E-state index contributed by atoms with van der Waals surface area (Å²) in [5.74, 6) is 0.642. The number of hydrogen-bond acceptors (Lipinski definition) is 2. The third-order valence-corrected chi connectivity index (χ3v) is 5.91. The zero-order valence-electron chi connectivity index (χ0n) is 11.5. The SMILES string of the molecule is Cc1ccc(C)c(S(=O)C2CC(C)CCC2N)c1. The van der Waals surface area contributed by atoms with Gasteiger partial charge in [-0.15, -0.1) is 0 Å². The van der Waals surface area contributed by atoms with E-state index in [4.69, 9.17) is 5.73 Å².